The Bertz CT molecular complexity index is 1120. The predicted molar refractivity (Wildman–Crippen MR) is 113 cm³/mol. The number of thiazole rings is 1. The van der Waals surface area contributed by atoms with Gasteiger partial charge in [0.15, 0.2) is 0 Å². The van der Waals surface area contributed by atoms with E-state index in [-0.39, 0.29) is 11.0 Å². The molecule has 2 aromatic carbocycles. The third-order valence-electron chi connectivity index (χ3n) is 4.85. The number of rotatable bonds is 4. The van der Waals surface area contributed by atoms with Gasteiger partial charge in [-0.1, -0.05) is 46.7 Å². The molecule has 2 heterocycles. The summed E-state index contributed by atoms with van der Waals surface area (Å²) in [5.74, 6) is 0. The molecule has 0 spiro atoms. The summed E-state index contributed by atoms with van der Waals surface area (Å²) in [6.45, 7) is 2.51. The molecule has 0 N–H and O–H groups in total. The van der Waals surface area contributed by atoms with Crippen molar-refractivity contribution in [1.82, 2.24) is 9.29 Å². The Morgan fingerprint density at radius 3 is 2.50 bits per heavy atom. The van der Waals surface area contributed by atoms with E-state index in [0.717, 1.165) is 10.2 Å². The van der Waals surface area contributed by atoms with Gasteiger partial charge < -0.3 is 4.74 Å². The van der Waals surface area contributed by atoms with Gasteiger partial charge in [-0.2, -0.15) is 4.31 Å². The molecular formula is C19H18Cl2N2O3S2. The molecule has 28 heavy (non-hydrogen) atoms. The van der Waals surface area contributed by atoms with E-state index in [1.54, 1.807) is 31.2 Å². The van der Waals surface area contributed by atoms with E-state index in [1.807, 2.05) is 12.1 Å². The topological polar surface area (TPSA) is 59.5 Å². The van der Waals surface area contributed by atoms with Crippen LogP contribution in [0.4, 0.5) is 0 Å². The molecular weight excluding hydrogens is 439 g/mol. The number of ether oxygens (including phenoxy) is 1. The third-order valence-corrected chi connectivity index (χ3v) is 8.52. The van der Waals surface area contributed by atoms with Crippen LogP contribution in [-0.2, 0) is 10.0 Å². The van der Waals surface area contributed by atoms with Crippen molar-refractivity contribution in [3.8, 4) is 5.19 Å². The van der Waals surface area contributed by atoms with Crippen LogP contribution in [0.1, 0.15) is 18.4 Å². The highest BCUT2D eigenvalue weighted by Gasteiger charge is 2.31. The standard InChI is InChI=1S/C19H18Cl2N2O3S2/c1-12-14(20)4-3-7-17(12)28(24,25)23-10-8-13(9-11-23)26-19-22-18-15(21)5-2-6-16(18)27-19/h2-7,13H,8-11H2,1H3. The Kier molecular flexibility index (Phi) is 5.55. The van der Waals surface area contributed by atoms with Crippen molar-refractivity contribution in [2.75, 3.05) is 13.1 Å². The van der Waals surface area contributed by atoms with Crippen molar-refractivity contribution in [1.29, 1.82) is 0 Å². The van der Waals surface area contributed by atoms with E-state index in [4.69, 9.17) is 27.9 Å². The predicted octanol–water partition coefficient (Wildman–Crippen LogP) is 5.14. The lowest BCUT2D eigenvalue weighted by Gasteiger charge is -2.31. The van der Waals surface area contributed by atoms with Crippen LogP contribution in [0.2, 0.25) is 10.0 Å². The first-order valence-corrected chi connectivity index (χ1v) is 11.8. The summed E-state index contributed by atoms with van der Waals surface area (Å²) in [4.78, 5) is 4.72. The van der Waals surface area contributed by atoms with E-state index in [9.17, 15) is 8.42 Å². The molecule has 0 unspecified atom stereocenters. The van der Waals surface area contributed by atoms with Gasteiger partial charge >= 0.3 is 0 Å². The van der Waals surface area contributed by atoms with Crippen LogP contribution in [0, 0.1) is 6.92 Å². The van der Waals surface area contributed by atoms with Gasteiger partial charge in [0.05, 0.1) is 14.6 Å². The van der Waals surface area contributed by atoms with Crippen molar-refractivity contribution in [3.63, 3.8) is 0 Å². The number of hydrogen-bond donors (Lipinski definition) is 0. The fourth-order valence-electron chi connectivity index (χ4n) is 3.28. The van der Waals surface area contributed by atoms with Crippen molar-refractivity contribution in [2.45, 2.75) is 30.8 Å². The number of hydrogen-bond acceptors (Lipinski definition) is 5. The van der Waals surface area contributed by atoms with Gasteiger partial charge in [-0.05, 0) is 49.6 Å². The molecule has 0 atom stereocenters. The highest BCUT2D eigenvalue weighted by atomic mass is 35.5. The summed E-state index contributed by atoms with van der Waals surface area (Å²) < 4.78 is 34.4. The Labute approximate surface area is 177 Å². The number of nitrogens with zero attached hydrogens (tertiary/aromatic N) is 2. The molecule has 1 saturated heterocycles. The number of piperidine rings is 1. The maximum absolute atomic E-state index is 13.0. The van der Waals surface area contributed by atoms with Crippen LogP contribution in [0.3, 0.4) is 0 Å². The van der Waals surface area contributed by atoms with E-state index in [2.05, 4.69) is 4.98 Å². The number of sulfonamides is 1. The van der Waals surface area contributed by atoms with Crippen LogP contribution >= 0.6 is 34.5 Å². The highest BCUT2D eigenvalue weighted by molar-refractivity contribution is 7.89. The van der Waals surface area contributed by atoms with Crippen LogP contribution in [0.5, 0.6) is 5.19 Å². The molecule has 1 aromatic heterocycles. The minimum absolute atomic E-state index is 0.0775. The number of aromatic nitrogens is 1. The normalized spacial score (nSPS) is 16.5. The zero-order valence-corrected chi connectivity index (χ0v) is 18.2. The van der Waals surface area contributed by atoms with Crippen LogP contribution in [0.15, 0.2) is 41.3 Å². The maximum atomic E-state index is 13.0. The Morgan fingerprint density at radius 1 is 1.11 bits per heavy atom. The minimum atomic E-state index is -3.57. The molecule has 1 aliphatic heterocycles. The fraction of sp³-hybridized carbons (Fsp3) is 0.316. The lowest BCUT2D eigenvalue weighted by atomic mass is 10.1. The van der Waals surface area contributed by atoms with Gasteiger partial charge in [0.25, 0.3) is 5.19 Å². The van der Waals surface area contributed by atoms with Crippen molar-refractivity contribution in [2.24, 2.45) is 0 Å². The molecule has 0 amide bonds. The minimum Gasteiger partial charge on any atom is -0.467 e. The molecule has 0 radical (unpaired) electrons. The number of halogens is 2. The molecule has 0 saturated carbocycles. The van der Waals surface area contributed by atoms with Gasteiger partial charge in [0.1, 0.15) is 11.6 Å². The first-order valence-electron chi connectivity index (χ1n) is 8.83. The quantitative estimate of drug-likeness (QED) is 0.544. The van der Waals surface area contributed by atoms with Crippen molar-refractivity contribution >= 4 is 54.8 Å². The fourth-order valence-corrected chi connectivity index (χ4v) is 6.41. The summed E-state index contributed by atoms with van der Waals surface area (Å²) in [6.07, 6.45) is 1.12. The molecule has 1 fully saturated rings. The smallest absolute Gasteiger partial charge is 0.274 e. The molecule has 148 valence electrons. The monoisotopic (exact) mass is 456 g/mol. The summed E-state index contributed by atoms with van der Waals surface area (Å²) >= 11 is 13.7. The molecule has 0 bridgehead atoms. The molecule has 9 heteroatoms. The van der Waals surface area contributed by atoms with Crippen molar-refractivity contribution in [3.05, 3.63) is 52.0 Å². The van der Waals surface area contributed by atoms with E-state index < -0.39 is 10.0 Å². The maximum Gasteiger partial charge on any atom is 0.274 e. The second-order valence-corrected chi connectivity index (χ2v) is 10.4. The number of benzene rings is 2. The SMILES string of the molecule is Cc1c(Cl)cccc1S(=O)(=O)N1CCC(Oc2nc3c(Cl)cccc3s2)CC1. The first kappa shape index (κ1) is 19.9. The van der Waals surface area contributed by atoms with Gasteiger partial charge in [0, 0.05) is 18.1 Å². The Balaban J connectivity index is 1.45. The van der Waals surface area contributed by atoms with Gasteiger partial charge in [-0.25, -0.2) is 13.4 Å². The molecule has 4 rings (SSSR count). The number of fused-ring (bicyclic) bond motifs is 1. The Morgan fingerprint density at radius 2 is 1.79 bits per heavy atom. The second-order valence-electron chi connectivity index (χ2n) is 6.65. The highest BCUT2D eigenvalue weighted by Crippen LogP contribution is 2.34. The largest absolute Gasteiger partial charge is 0.467 e. The zero-order chi connectivity index (χ0) is 19.9. The summed E-state index contributed by atoms with van der Waals surface area (Å²) in [5.41, 5.74) is 1.31. The summed E-state index contributed by atoms with van der Waals surface area (Å²) in [5, 5.41) is 1.62. The molecule has 3 aromatic rings. The lowest BCUT2D eigenvalue weighted by Crippen LogP contribution is -2.41. The van der Waals surface area contributed by atoms with Crippen molar-refractivity contribution < 1.29 is 13.2 Å². The molecule has 5 nitrogen and oxygen atoms in total. The van der Waals surface area contributed by atoms with Crippen LogP contribution < -0.4 is 4.74 Å². The molecule has 1 aliphatic rings. The lowest BCUT2D eigenvalue weighted by molar-refractivity contribution is 0.135. The van der Waals surface area contributed by atoms with Crippen LogP contribution in [0.25, 0.3) is 10.2 Å². The van der Waals surface area contributed by atoms with Crippen LogP contribution in [-0.4, -0.2) is 36.9 Å². The van der Waals surface area contributed by atoms with E-state index >= 15 is 0 Å². The molecule has 0 aliphatic carbocycles. The van der Waals surface area contributed by atoms with E-state index in [1.165, 1.54) is 15.6 Å². The Hall–Kier alpha value is -1.38. The second kappa shape index (κ2) is 7.80. The summed E-state index contributed by atoms with van der Waals surface area (Å²) in [6, 6.07) is 10.6. The number of para-hydroxylation sites is 1. The van der Waals surface area contributed by atoms with Gasteiger partial charge in [0.2, 0.25) is 10.0 Å². The zero-order valence-electron chi connectivity index (χ0n) is 15.1. The third kappa shape index (κ3) is 3.74. The van der Waals surface area contributed by atoms with Gasteiger partial charge in [-0.15, -0.1) is 0 Å². The van der Waals surface area contributed by atoms with E-state index in [0.29, 0.717) is 46.7 Å². The summed E-state index contributed by atoms with van der Waals surface area (Å²) in [7, 11) is -3.57. The average molecular weight is 457 g/mol. The van der Waals surface area contributed by atoms with Gasteiger partial charge in [-0.3, -0.25) is 0 Å². The first-order chi connectivity index (χ1) is 13.4. The average Bonchev–Trinajstić information content (AvgIpc) is 3.08.